The molecule has 0 amide bonds. The maximum absolute atomic E-state index is 13.8. The van der Waals surface area contributed by atoms with Crippen molar-refractivity contribution in [2.24, 2.45) is 22.6 Å². The van der Waals surface area contributed by atoms with Gasteiger partial charge in [0.2, 0.25) is 0 Å². The number of hydrogen-bond donors (Lipinski definition) is 2. The van der Waals surface area contributed by atoms with Gasteiger partial charge < -0.3 is 15.6 Å². The van der Waals surface area contributed by atoms with Gasteiger partial charge in [-0.25, -0.2) is 4.39 Å². The lowest BCUT2D eigenvalue weighted by Crippen LogP contribution is -2.59. The van der Waals surface area contributed by atoms with Crippen LogP contribution in [0.25, 0.3) is 0 Å². The van der Waals surface area contributed by atoms with E-state index >= 15 is 0 Å². The van der Waals surface area contributed by atoms with E-state index in [1.807, 2.05) is 6.92 Å². The van der Waals surface area contributed by atoms with Gasteiger partial charge in [0, 0.05) is 30.2 Å². The first-order chi connectivity index (χ1) is 10.5. The highest BCUT2D eigenvalue weighted by molar-refractivity contribution is 6.20. The molecule has 0 aromatic carbocycles. The zero-order chi connectivity index (χ0) is 15.9. The fraction of sp³-hybridized carbons (Fsp3) is 0.938. The lowest BCUT2D eigenvalue weighted by atomic mass is 9.65. The highest BCUT2D eigenvalue weighted by atomic mass is 35.5. The zero-order valence-corrected chi connectivity index (χ0v) is 13.8. The van der Waals surface area contributed by atoms with Crippen molar-refractivity contribution in [1.82, 2.24) is 0 Å². The van der Waals surface area contributed by atoms with E-state index in [1.54, 1.807) is 0 Å². The van der Waals surface area contributed by atoms with Crippen LogP contribution in [0.4, 0.5) is 4.39 Å². The quantitative estimate of drug-likeness (QED) is 0.780. The van der Waals surface area contributed by atoms with Gasteiger partial charge in [-0.05, 0) is 39.0 Å². The minimum Gasteiger partial charge on any atom is -0.385 e. The van der Waals surface area contributed by atoms with E-state index in [0.717, 1.165) is 12.8 Å². The summed E-state index contributed by atoms with van der Waals surface area (Å²) in [6, 6.07) is 0.0466. The molecule has 3 N–H and O–H groups in total. The fourth-order valence-electron chi connectivity index (χ4n) is 4.65. The molecule has 22 heavy (non-hydrogen) atoms. The van der Waals surface area contributed by atoms with Crippen LogP contribution in [0.15, 0.2) is 4.99 Å². The topological polar surface area (TPSA) is 67.8 Å². The Morgan fingerprint density at radius 3 is 2.82 bits per heavy atom. The molecule has 0 radical (unpaired) electrons. The monoisotopic (exact) mass is 332 g/mol. The lowest BCUT2D eigenvalue weighted by Gasteiger charge is -2.46. The second-order valence-corrected chi connectivity index (χ2v) is 7.55. The van der Waals surface area contributed by atoms with E-state index in [4.69, 9.17) is 22.1 Å². The van der Waals surface area contributed by atoms with Crippen molar-refractivity contribution in [2.75, 3.05) is 6.61 Å². The first kappa shape index (κ1) is 16.5. The number of amidine groups is 1. The normalized spacial score (nSPS) is 48.8. The number of aliphatic hydroxyl groups is 1. The number of nitrogens with two attached hydrogens (primary N) is 1. The molecule has 6 heteroatoms. The van der Waals surface area contributed by atoms with Crippen LogP contribution in [0.2, 0.25) is 0 Å². The van der Waals surface area contributed by atoms with E-state index in [9.17, 15) is 9.50 Å². The average molecular weight is 333 g/mol. The van der Waals surface area contributed by atoms with Crippen molar-refractivity contribution < 1.29 is 14.2 Å². The Hall–Kier alpha value is -0.390. The molecule has 3 aliphatic rings. The van der Waals surface area contributed by atoms with E-state index in [1.165, 1.54) is 0 Å². The minimum absolute atomic E-state index is 0.0466. The first-order valence-corrected chi connectivity index (χ1v) is 8.86. The molecule has 7 unspecified atom stereocenters. The molecule has 4 nitrogen and oxygen atoms in total. The minimum atomic E-state index is -1.20. The van der Waals surface area contributed by atoms with Crippen molar-refractivity contribution in [3.8, 4) is 0 Å². The molecule has 1 aliphatic heterocycles. The van der Waals surface area contributed by atoms with Gasteiger partial charge in [0.05, 0.1) is 12.1 Å². The Balaban J connectivity index is 1.88. The molecule has 0 aromatic heterocycles. The highest BCUT2D eigenvalue weighted by Gasteiger charge is 2.58. The number of aliphatic imine (C=N–C) groups is 1. The maximum Gasteiger partial charge on any atom is 0.131 e. The zero-order valence-electron chi connectivity index (χ0n) is 13.0. The van der Waals surface area contributed by atoms with Gasteiger partial charge in [-0.2, -0.15) is 0 Å². The summed E-state index contributed by atoms with van der Waals surface area (Å²) in [4.78, 5) is 4.52. The van der Waals surface area contributed by atoms with Crippen LogP contribution in [0, 0.1) is 11.8 Å². The third-order valence-corrected chi connectivity index (χ3v) is 6.10. The Morgan fingerprint density at radius 2 is 2.09 bits per heavy atom. The van der Waals surface area contributed by atoms with Crippen LogP contribution < -0.4 is 5.73 Å². The number of alkyl halides is 2. The standard InChI is InChI=1S/C16H26ClFN2O2/c1-2-22-14-8-10(18)4-5-11(14)16(21)12-7-9(17)3-6-13(12)20-15(16)19/h9-14,21H,2-8H2,1H3,(H2,19,20). The molecule has 2 saturated carbocycles. The van der Waals surface area contributed by atoms with Crippen molar-refractivity contribution >= 4 is 17.4 Å². The van der Waals surface area contributed by atoms with Crippen LogP contribution >= 0.6 is 11.6 Å². The number of ether oxygens (including phenoxy) is 1. The van der Waals surface area contributed by atoms with E-state index in [0.29, 0.717) is 38.1 Å². The second kappa shape index (κ2) is 6.25. The fourth-order valence-corrected chi connectivity index (χ4v) is 4.97. The Bertz CT molecular complexity index is 450. The second-order valence-electron chi connectivity index (χ2n) is 6.93. The van der Waals surface area contributed by atoms with Gasteiger partial charge in [0.25, 0.3) is 0 Å². The van der Waals surface area contributed by atoms with E-state index in [2.05, 4.69) is 4.99 Å². The van der Waals surface area contributed by atoms with Crippen molar-refractivity contribution in [2.45, 2.75) is 74.7 Å². The van der Waals surface area contributed by atoms with Crippen LogP contribution in [0.1, 0.15) is 45.4 Å². The molecule has 2 fully saturated rings. The summed E-state index contributed by atoms with van der Waals surface area (Å²) in [6.07, 6.45) is 2.67. The van der Waals surface area contributed by atoms with Gasteiger partial charge in [-0.1, -0.05) is 0 Å². The van der Waals surface area contributed by atoms with Crippen LogP contribution in [0.5, 0.6) is 0 Å². The SMILES string of the molecule is CCOC1CC(F)CCC1C1(O)C(N)=NC2CCC(Cl)CC21. The molecular formula is C16H26ClFN2O2. The number of rotatable bonds is 3. The van der Waals surface area contributed by atoms with E-state index < -0.39 is 11.8 Å². The summed E-state index contributed by atoms with van der Waals surface area (Å²) in [6.45, 7) is 2.40. The molecule has 1 heterocycles. The summed E-state index contributed by atoms with van der Waals surface area (Å²) in [5, 5.41) is 11.5. The lowest BCUT2D eigenvalue weighted by molar-refractivity contribution is -0.113. The van der Waals surface area contributed by atoms with Crippen LogP contribution in [0.3, 0.4) is 0 Å². The number of nitrogens with zero attached hydrogens (tertiary/aromatic N) is 1. The van der Waals surface area contributed by atoms with Crippen LogP contribution in [-0.4, -0.2) is 46.8 Å². The molecule has 0 spiro atoms. The molecule has 0 aromatic rings. The molecule has 7 atom stereocenters. The summed E-state index contributed by atoms with van der Waals surface area (Å²) in [5.41, 5.74) is 4.95. The van der Waals surface area contributed by atoms with Crippen molar-refractivity contribution in [3.05, 3.63) is 0 Å². The summed E-state index contributed by atoms with van der Waals surface area (Å²) in [5.74, 6) is 0.0494. The Labute approximate surface area is 136 Å². The Kier molecular flexibility index (Phi) is 4.68. The molecule has 3 rings (SSSR count). The predicted molar refractivity (Wildman–Crippen MR) is 85.0 cm³/mol. The third-order valence-electron chi connectivity index (χ3n) is 5.70. The number of hydrogen-bond acceptors (Lipinski definition) is 4. The summed E-state index contributed by atoms with van der Waals surface area (Å²) < 4.78 is 19.5. The maximum atomic E-state index is 13.8. The number of halogens is 2. The molecule has 2 aliphatic carbocycles. The smallest absolute Gasteiger partial charge is 0.131 e. The van der Waals surface area contributed by atoms with Gasteiger partial charge in [0.15, 0.2) is 0 Å². The van der Waals surface area contributed by atoms with E-state index in [-0.39, 0.29) is 29.4 Å². The van der Waals surface area contributed by atoms with Crippen molar-refractivity contribution in [3.63, 3.8) is 0 Å². The van der Waals surface area contributed by atoms with Gasteiger partial charge >= 0.3 is 0 Å². The molecule has 0 saturated heterocycles. The van der Waals surface area contributed by atoms with Gasteiger partial charge in [0.1, 0.15) is 17.6 Å². The summed E-state index contributed by atoms with van der Waals surface area (Å²) >= 11 is 6.32. The van der Waals surface area contributed by atoms with Gasteiger partial charge in [-0.3, -0.25) is 4.99 Å². The van der Waals surface area contributed by atoms with Crippen LogP contribution in [-0.2, 0) is 4.74 Å². The Morgan fingerprint density at radius 1 is 1.32 bits per heavy atom. The molecule has 126 valence electrons. The molecule has 0 bridgehead atoms. The first-order valence-electron chi connectivity index (χ1n) is 8.42. The van der Waals surface area contributed by atoms with Gasteiger partial charge in [-0.15, -0.1) is 11.6 Å². The molecular weight excluding hydrogens is 307 g/mol. The van der Waals surface area contributed by atoms with Crippen molar-refractivity contribution in [1.29, 1.82) is 0 Å². The predicted octanol–water partition coefficient (Wildman–Crippen LogP) is 2.41. The third kappa shape index (κ3) is 2.65. The largest absolute Gasteiger partial charge is 0.385 e. The highest BCUT2D eigenvalue weighted by Crippen LogP contribution is 2.49. The average Bonchev–Trinajstić information content (AvgIpc) is 2.72. The number of fused-ring (bicyclic) bond motifs is 1. The summed E-state index contributed by atoms with van der Waals surface area (Å²) in [7, 11) is 0.